The van der Waals surface area contributed by atoms with Gasteiger partial charge >= 0.3 is 0 Å². The highest BCUT2D eigenvalue weighted by atomic mass is 35.5. The Kier molecular flexibility index (Phi) is 4.92. The summed E-state index contributed by atoms with van der Waals surface area (Å²) in [7, 11) is 0. The third kappa shape index (κ3) is 3.70. The van der Waals surface area contributed by atoms with Crippen molar-refractivity contribution >= 4 is 23.2 Å². The normalized spacial score (nSPS) is 18.8. The number of Topliss-reactive ketones (excluding diaryl/α,β-unsaturated/α-hetero) is 2. The van der Waals surface area contributed by atoms with Crippen molar-refractivity contribution in [2.75, 3.05) is 0 Å². The number of benzene rings is 2. The lowest BCUT2D eigenvalue weighted by molar-refractivity contribution is -0.121. The molecule has 118 valence electrons. The van der Waals surface area contributed by atoms with Gasteiger partial charge in [0.1, 0.15) is 5.78 Å². The molecule has 0 radical (unpaired) electrons. The number of hydrogen-bond donors (Lipinski definition) is 0. The Bertz CT molecular complexity index is 691. The third-order valence-electron chi connectivity index (χ3n) is 4.64. The molecule has 0 unspecified atom stereocenters. The molecule has 0 bridgehead atoms. The molecular formula is C20H19ClO2. The van der Waals surface area contributed by atoms with Crippen molar-refractivity contribution in [1.82, 2.24) is 0 Å². The van der Waals surface area contributed by atoms with E-state index in [0.717, 1.165) is 18.4 Å². The van der Waals surface area contributed by atoms with E-state index in [2.05, 4.69) is 0 Å². The molecule has 1 fully saturated rings. The first-order chi connectivity index (χ1) is 11.1. The van der Waals surface area contributed by atoms with Crippen LogP contribution in [0.4, 0.5) is 0 Å². The lowest BCUT2D eigenvalue weighted by Crippen LogP contribution is -2.20. The molecule has 2 aromatic carbocycles. The Morgan fingerprint density at radius 3 is 2.39 bits per heavy atom. The number of carbonyl (C=O) groups is 2. The number of halogens is 1. The Hall–Kier alpha value is -1.93. The van der Waals surface area contributed by atoms with E-state index in [0.29, 0.717) is 23.4 Å². The monoisotopic (exact) mass is 326 g/mol. The summed E-state index contributed by atoms with van der Waals surface area (Å²) in [6, 6.07) is 16.8. The van der Waals surface area contributed by atoms with Gasteiger partial charge in [0.15, 0.2) is 5.78 Å². The second kappa shape index (κ2) is 7.10. The van der Waals surface area contributed by atoms with Crippen molar-refractivity contribution in [2.24, 2.45) is 5.92 Å². The molecule has 0 aliphatic heterocycles. The van der Waals surface area contributed by atoms with Gasteiger partial charge in [-0.2, -0.15) is 0 Å². The van der Waals surface area contributed by atoms with E-state index in [1.165, 1.54) is 0 Å². The summed E-state index contributed by atoms with van der Waals surface area (Å²) in [4.78, 5) is 24.9. The molecule has 2 nitrogen and oxygen atoms in total. The van der Waals surface area contributed by atoms with Crippen LogP contribution in [0.1, 0.15) is 47.5 Å². The van der Waals surface area contributed by atoms with Gasteiger partial charge in [-0.15, -0.1) is 0 Å². The second-order valence-electron chi connectivity index (χ2n) is 6.12. The van der Waals surface area contributed by atoms with Crippen LogP contribution < -0.4 is 0 Å². The van der Waals surface area contributed by atoms with Gasteiger partial charge in [0.2, 0.25) is 0 Å². The molecule has 0 amide bonds. The molecule has 0 heterocycles. The van der Waals surface area contributed by atoms with E-state index in [1.54, 1.807) is 0 Å². The second-order valence-corrected chi connectivity index (χ2v) is 6.55. The highest BCUT2D eigenvalue weighted by Gasteiger charge is 2.34. The maximum atomic E-state index is 12.6. The van der Waals surface area contributed by atoms with Gasteiger partial charge in [0, 0.05) is 35.3 Å². The zero-order valence-electron chi connectivity index (χ0n) is 12.9. The van der Waals surface area contributed by atoms with Crippen LogP contribution in [0.5, 0.6) is 0 Å². The van der Waals surface area contributed by atoms with Crippen LogP contribution in [0.25, 0.3) is 0 Å². The molecule has 0 saturated heterocycles. The largest absolute Gasteiger partial charge is 0.299 e. The molecular weight excluding hydrogens is 308 g/mol. The topological polar surface area (TPSA) is 34.1 Å². The molecule has 23 heavy (non-hydrogen) atoms. The van der Waals surface area contributed by atoms with Crippen LogP contribution in [0.2, 0.25) is 5.02 Å². The van der Waals surface area contributed by atoms with Crippen LogP contribution >= 0.6 is 11.6 Å². The Balaban J connectivity index is 1.87. The predicted molar refractivity (Wildman–Crippen MR) is 91.9 cm³/mol. The average Bonchev–Trinajstić information content (AvgIpc) is 3.00. The summed E-state index contributed by atoms with van der Waals surface area (Å²) < 4.78 is 0. The third-order valence-corrected chi connectivity index (χ3v) is 4.89. The molecule has 3 heteroatoms. The maximum Gasteiger partial charge on any atom is 0.163 e. The molecule has 3 rings (SSSR count). The average molecular weight is 327 g/mol. The Labute approximate surface area is 141 Å². The number of hydrogen-bond acceptors (Lipinski definition) is 2. The molecule has 0 N–H and O–H groups in total. The minimum absolute atomic E-state index is 0.0520. The number of ketones is 2. The van der Waals surface area contributed by atoms with Gasteiger partial charge < -0.3 is 0 Å². The van der Waals surface area contributed by atoms with Gasteiger partial charge in [0.05, 0.1) is 0 Å². The fourth-order valence-corrected chi connectivity index (χ4v) is 3.54. The van der Waals surface area contributed by atoms with Gasteiger partial charge in [-0.25, -0.2) is 0 Å². The summed E-state index contributed by atoms with van der Waals surface area (Å²) in [6.07, 6.45) is 2.79. The van der Waals surface area contributed by atoms with Crippen molar-refractivity contribution in [2.45, 2.75) is 31.6 Å². The first kappa shape index (κ1) is 15.9. The summed E-state index contributed by atoms with van der Waals surface area (Å²) in [5.41, 5.74) is 1.73. The van der Waals surface area contributed by atoms with E-state index < -0.39 is 0 Å². The minimum Gasteiger partial charge on any atom is -0.299 e. The SMILES string of the molecule is O=C(C[C@@H](c1ccc(Cl)cc1)[C@@H]1CCCC1=O)c1ccccc1. The maximum absolute atomic E-state index is 12.6. The number of rotatable bonds is 5. The van der Waals surface area contributed by atoms with E-state index in [1.807, 2.05) is 54.6 Å². The fraction of sp³-hybridized carbons (Fsp3) is 0.300. The molecule has 2 aromatic rings. The Morgan fingerprint density at radius 2 is 1.78 bits per heavy atom. The standard InChI is InChI=1S/C20H19ClO2/c21-16-11-9-14(10-12-16)18(17-7-4-8-19(17)22)13-20(23)15-5-2-1-3-6-15/h1-3,5-6,9-12,17-18H,4,7-8,13H2/t17-,18-/m0/s1. The first-order valence-electron chi connectivity index (χ1n) is 8.01. The fourth-order valence-electron chi connectivity index (χ4n) is 3.41. The smallest absolute Gasteiger partial charge is 0.163 e. The summed E-state index contributed by atoms with van der Waals surface area (Å²) in [5.74, 6) is 0.259. The van der Waals surface area contributed by atoms with Crippen molar-refractivity contribution in [1.29, 1.82) is 0 Å². The van der Waals surface area contributed by atoms with Crippen molar-refractivity contribution in [3.05, 3.63) is 70.7 Å². The molecule has 0 spiro atoms. The van der Waals surface area contributed by atoms with Gasteiger partial charge in [0.25, 0.3) is 0 Å². The van der Waals surface area contributed by atoms with Crippen molar-refractivity contribution in [3.8, 4) is 0 Å². The molecule has 1 aliphatic carbocycles. The van der Waals surface area contributed by atoms with Gasteiger partial charge in [-0.05, 0) is 30.5 Å². The lowest BCUT2D eigenvalue weighted by atomic mass is 9.80. The summed E-state index contributed by atoms with van der Waals surface area (Å²) in [6.45, 7) is 0. The van der Waals surface area contributed by atoms with Crippen molar-refractivity contribution in [3.63, 3.8) is 0 Å². The molecule has 0 aromatic heterocycles. The summed E-state index contributed by atoms with van der Waals surface area (Å²) >= 11 is 5.97. The molecule has 1 aliphatic rings. The lowest BCUT2D eigenvalue weighted by Gasteiger charge is -2.22. The molecule has 1 saturated carbocycles. The summed E-state index contributed by atoms with van der Waals surface area (Å²) in [5, 5.41) is 0.666. The van der Waals surface area contributed by atoms with Crippen LogP contribution in [0.3, 0.4) is 0 Å². The van der Waals surface area contributed by atoms with Gasteiger partial charge in [-0.1, -0.05) is 54.1 Å². The van der Waals surface area contributed by atoms with Gasteiger partial charge in [-0.3, -0.25) is 9.59 Å². The highest BCUT2D eigenvalue weighted by molar-refractivity contribution is 6.30. The zero-order chi connectivity index (χ0) is 16.2. The van der Waals surface area contributed by atoms with E-state index in [9.17, 15) is 9.59 Å². The highest BCUT2D eigenvalue weighted by Crippen LogP contribution is 2.38. The Morgan fingerprint density at radius 1 is 1.09 bits per heavy atom. The van der Waals surface area contributed by atoms with Crippen LogP contribution in [0, 0.1) is 5.92 Å². The van der Waals surface area contributed by atoms with E-state index in [4.69, 9.17) is 11.6 Å². The molecule has 2 atom stereocenters. The van der Waals surface area contributed by atoms with E-state index >= 15 is 0 Å². The van der Waals surface area contributed by atoms with E-state index in [-0.39, 0.29) is 23.4 Å². The van der Waals surface area contributed by atoms with Crippen LogP contribution in [-0.2, 0) is 4.79 Å². The van der Waals surface area contributed by atoms with Crippen LogP contribution in [-0.4, -0.2) is 11.6 Å². The zero-order valence-corrected chi connectivity index (χ0v) is 13.6. The first-order valence-corrected chi connectivity index (χ1v) is 8.39. The number of carbonyl (C=O) groups excluding carboxylic acids is 2. The predicted octanol–water partition coefficient (Wildman–Crippen LogP) is 5.07. The van der Waals surface area contributed by atoms with Crippen LogP contribution in [0.15, 0.2) is 54.6 Å². The quantitative estimate of drug-likeness (QED) is 0.719. The minimum atomic E-state index is -0.0602. The van der Waals surface area contributed by atoms with Crippen molar-refractivity contribution < 1.29 is 9.59 Å².